The van der Waals surface area contributed by atoms with Crippen LogP contribution in [0, 0.1) is 10.1 Å². The number of nitrogens with zero attached hydrogens (tertiary/aromatic N) is 3. The van der Waals surface area contributed by atoms with Crippen LogP contribution in [0.1, 0.15) is 23.3 Å². The van der Waals surface area contributed by atoms with Crippen molar-refractivity contribution >= 4 is 29.8 Å². The zero-order chi connectivity index (χ0) is 24.0. The number of nitro benzene ring substituents is 1. The highest BCUT2D eigenvalue weighted by atomic mass is 32.1. The predicted molar refractivity (Wildman–Crippen MR) is 130 cm³/mol. The minimum absolute atomic E-state index is 0.151. The van der Waals surface area contributed by atoms with E-state index in [4.69, 9.17) is 9.05 Å². The van der Waals surface area contributed by atoms with Gasteiger partial charge in [-0.1, -0.05) is 66.8 Å². The molecule has 34 heavy (non-hydrogen) atoms. The number of benzene rings is 3. The number of hydrogen-bond acceptors (Lipinski definition) is 9. The van der Waals surface area contributed by atoms with Crippen molar-refractivity contribution in [2.75, 3.05) is 5.32 Å². The van der Waals surface area contributed by atoms with Crippen LogP contribution in [-0.4, -0.2) is 15.1 Å². The van der Waals surface area contributed by atoms with Crippen LogP contribution in [0.4, 0.5) is 10.8 Å². The van der Waals surface area contributed by atoms with E-state index in [0.717, 1.165) is 5.01 Å². The van der Waals surface area contributed by atoms with E-state index in [9.17, 15) is 14.7 Å². The van der Waals surface area contributed by atoms with Crippen LogP contribution in [-0.2, 0) is 11.0 Å². The summed E-state index contributed by atoms with van der Waals surface area (Å²) >= 11 is 1.30. The number of non-ortho nitro benzene ring substituents is 1. The van der Waals surface area contributed by atoms with E-state index in [1.165, 1.54) is 29.5 Å². The molecule has 1 N–H and O–H groups in total. The molecule has 0 radical (unpaired) electrons. The third kappa shape index (κ3) is 5.59. The van der Waals surface area contributed by atoms with Gasteiger partial charge >= 0.3 is 7.60 Å². The summed E-state index contributed by atoms with van der Waals surface area (Å²) in [5, 5.41) is 24.0. The van der Waals surface area contributed by atoms with Gasteiger partial charge in [0.2, 0.25) is 5.13 Å². The summed E-state index contributed by atoms with van der Waals surface area (Å²) in [5.41, 5.74) is 0.194. The molecule has 1 unspecified atom stereocenters. The molecule has 0 bridgehead atoms. The molecule has 0 saturated carbocycles. The summed E-state index contributed by atoms with van der Waals surface area (Å²) in [6.07, 6.45) is 0.680. The first-order valence-electron chi connectivity index (χ1n) is 10.4. The number of anilines is 1. The van der Waals surface area contributed by atoms with Crippen LogP contribution < -0.4 is 14.4 Å². The van der Waals surface area contributed by atoms with Crippen LogP contribution in [0.2, 0.25) is 0 Å². The van der Waals surface area contributed by atoms with Crippen LogP contribution in [0.3, 0.4) is 0 Å². The fraction of sp³-hybridized carbons (Fsp3) is 0.130. The predicted octanol–water partition coefficient (Wildman–Crippen LogP) is 6.47. The van der Waals surface area contributed by atoms with Gasteiger partial charge in [0.1, 0.15) is 16.5 Å². The fourth-order valence-electron chi connectivity index (χ4n) is 3.11. The first-order valence-corrected chi connectivity index (χ1v) is 12.8. The van der Waals surface area contributed by atoms with Gasteiger partial charge in [0.25, 0.3) is 5.69 Å². The molecule has 9 nitrogen and oxygen atoms in total. The third-order valence-corrected chi connectivity index (χ3v) is 7.68. The van der Waals surface area contributed by atoms with Crippen LogP contribution in [0.25, 0.3) is 0 Å². The molecule has 0 amide bonds. The SMILES string of the molecule is CCc1nnc(NC(c2cccc([N+](=O)[O-])c2)P(=O)(Oc2ccccc2)Oc2ccccc2)s1. The van der Waals surface area contributed by atoms with E-state index >= 15 is 0 Å². The van der Waals surface area contributed by atoms with Crippen LogP contribution >= 0.6 is 18.9 Å². The number of aryl methyl sites for hydroxylation is 1. The lowest BCUT2D eigenvalue weighted by molar-refractivity contribution is -0.384. The lowest BCUT2D eigenvalue weighted by Crippen LogP contribution is -2.18. The van der Waals surface area contributed by atoms with Gasteiger partial charge in [-0.05, 0) is 36.2 Å². The summed E-state index contributed by atoms with van der Waals surface area (Å²) < 4.78 is 26.5. The lowest BCUT2D eigenvalue weighted by atomic mass is 10.2. The Bertz CT molecular complexity index is 1260. The molecule has 0 spiro atoms. The number of nitrogens with one attached hydrogen (secondary N) is 1. The lowest BCUT2D eigenvalue weighted by Gasteiger charge is -2.28. The quantitative estimate of drug-likeness (QED) is 0.151. The maximum Gasteiger partial charge on any atom is 0.457 e. The summed E-state index contributed by atoms with van der Waals surface area (Å²) in [4.78, 5) is 10.9. The molecule has 0 saturated heterocycles. The number of hydrogen-bond donors (Lipinski definition) is 1. The molecular formula is C23H21N4O5PS. The van der Waals surface area contributed by atoms with Crippen molar-refractivity contribution in [3.05, 3.63) is 106 Å². The average molecular weight is 496 g/mol. The largest absolute Gasteiger partial charge is 0.457 e. The van der Waals surface area contributed by atoms with Gasteiger partial charge < -0.3 is 14.4 Å². The van der Waals surface area contributed by atoms with E-state index in [-0.39, 0.29) is 5.69 Å². The van der Waals surface area contributed by atoms with Gasteiger partial charge in [-0.2, -0.15) is 0 Å². The zero-order valence-corrected chi connectivity index (χ0v) is 19.8. The number of nitro groups is 1. The second-order valence-electron chi connectivity index (χ2n) is 7.10. The molecule has 0 aliphatic rings. The molecule has 3 aromatic carbocycles. The van der Waals surface area contributed by atoms with Crippen LogP contribution in [0.15, 0.2) is 84.9 Å². The Labute approximate surface area is 200 Å². The Morgan fingerprint density at radius 2 is 1.59 bits per heavy atom. The molecule has 1 atom stereocenters. The molecular weight excluding hydrogens is 475 g/mol. The molecule has 174 valence electrons. The van der Waals surface area contributed by atoms with Gasteiger partial charge in [0.15, 0.2) is 5.78 Å². The smallest absolute Gasteiger partial charge is 0.414 e. The first-order chi connectivity index (χ1) is 16.5. The normalized spacial score (nSPS) is 12.0. The summed E-state index contributed by atoms with van der Waals surface area (Å²) in [7, 11) is -4.10. The molecule has 1 aromatic heterocycles. The minimum Gasteiger partial charge on any atom is -0.414 e. The van der Waals surface area contributed by atoms with Crippen LogP contribution in [0.5, 0.6) is 11.5 Å². The molecule has 1 heterocycles. The number of aromatic nitrogens is 2. The van der Waals surface area contributed by atoms with Gasteiger partial charge in [0, 0.05) is 12.1 Å². The number of rotatable bonds is 10. The van der Waals surface area contributed by atoms with Crippen molar-refractivity contribution in [2.24, 2.45) is 0 Å². The van der Waals surface area contributed by atoms with E-state index in [1.54, 1.807) is 66.7 Å². The average Bonchev–Trinajstić information content (AvgIpc) is 3.31. The number of para-hydroxylation sites is 2. The zero-order valence-electron chi connectivity index (χ0n) is 18.1. The molecule has 0 fully saturated rings. The summed E-state index contributed by atoms with van der Waals surface area (Å²) in [5.74, 6) is -0.471. The second-order valence-corrected chi connectivity index (χ2v) is 10.1. The van der Waals surface area contributed by atoms with Crippen molar-refractivity contribution in [1.29, 1.82) is 0 Å². The topological polar surface area (TPSA) is 116 Å². The van der Waals surface area contributed by atoms with E-state index in [0.29, 0.717) is 28.6 Å². The van der Waals surface area contributed by atoms with E-state index in [1.807, 2.05) is 6.92 Å². The minimum atomic E-state index is -4.10. The Morgan fingerprint density at radius 3 is 2.12 bits per heavy atom. The second kappa shape index (κ2) is 10.5. The van der Waals surface area contributed by atoms with Gasteiger partial charge in [-0.25, -0.2) is 4.57 Å². The molecule has 4 aromatic rings. The van der Waals surface area contributed by atoms with E-state index in [2.05, 4.69) is 15.5 Å². The Morgan fingerprint density at radius 1 is 0.971 bits per heavy atom. The highest BCUT2D eigenvalue weighted by molar-refractivity contribution is 7.55. The van der Waals surface area contributed by atoms with Crippen molar-refractivity contribution < 1.29 is 18.5 Å². The molecule has 0 aliphatic heterocycles. The van der Waals surface area contributed by atoms with Gasteiger partial charge in [-0.15, -0.1) is 10.2 Å². The van der Waals surface area contributed by atoms with Gasteiger partial charge in [-0.3, -0.25) is 10.1 Å². The maximum atomic E-state index is 14.5. The molecule has 4 rings (SSSR count). The van der Waals surface area contributed by atoms with Gasteiger partial charge in [0.05, 0.1) is 4.92 Å². The van der Waals surface area contributed by atoms with E-state index < -0.39 is 18.3 Å². The summed E-state index contributed by atoms with van der Waals surface area (Å²) in [6, 6.07) is 23.1. The Balaban J connectivity index is 1.82. The van der Waals surface area contributed by atoms with Crippen molar-refractivity contribution in [3.63, 3.8) is 0 Å². The maximum absolute atomic E-state index is 14.5. The van der Waals surface area contributed by atoms with Crippen molar-refractivity contribution in [2.45, 2.75) is 19.1 Å². The fourth-order valence-corrected chi connectivity index (χ4v) is 5.79. The molecule has 11 heteroatoms. The molecule has 0 aliphatic carbocycles. The van der Waals surface area contributed by atoms with Crippen molar-refractivity contribution in [3.8, 4) is 11.5 Å². The highest BCUT2D eigenvalue weighted by Gasteiger charge is 2.42. The standard InChI is InChI=1S/C23H21N4O5PS/c1-2-21-25-26-23(34-21)24-22(17-10-9-11-18(16-17)27(28)29)33(30,31-19-12-5-3-6-13-19)32-20-14-7-4-8-15-20/h3-16,22H,2H2,1H3,(H,24,26). The highest BCUT2D eigenvalue weighted by Crippen LogP contribution is 2.60. The monoisotopic (exact) mass is 496 g/mol. The summed E-state index contributed by atoms with van der Waals surface area (Å²) in [6.45, 7) is 1.95. The third-order valence-electron chi connectivity index (χ3n) is 4.69. The first kappa shape index (κ1) is 23.4. The van der Waals surface area contributed by atoms with Crippen molar-refractivity contribution in [1.82, 2.24) is 10.2 Å². The Hall–Kier alpha value is -3.75. The Kier molecular flexibility index (Phi) is 7.20.